The number of amides is 3. The van der Waals surface area contributed by atoms with Crippen molar-refractivity contribution in [1.29, 1.82) is 0 Å². The van der Waals surface area contributed by atoms with Gasteiger partial charge in [-0.05, 0) is 29.8 Å². The summed E-state index contributed by atoms with van der Waals surface area (Å²) >= 11 is 5.78. The van der Waals surface area contributed by atoms with Gasteiger partial charge < -0.3 is 10.1 Å². The largest absolute Gasteiger partial charge is 0.452 e. The third kappa shape index (κ3) is 4.96. The van der Waals surface area contributed by atoms with E-state index in [0.29, 0.717) is 6.54 Å². The molecule has 0 saturated carbocycles. The highest BCUT2D eigenvalue weighted by molar-refractivity contribution is 6.32. The minimum atomic E-state index is -4.55. The molecule has 2 rings (SSSR count). The number of esters is 1. The molecule has 3 amide bonds. The first kappa shape index (κ1) is 18.8. The molecule has 1 aromatic rings. The Morgan fingerprint density at radius 2 is 2.08 bits per heavy atom. The van der Waals surface area contributed by atoms with Crippen molar-refractivity contribution in [3.05, 3.63) is 40.4 Å². The maximum Gasteiger partial charge on any atom is 0.416 e. The molecular weight excluding hydrogens is 365 g/mol. The second-order valence-electron chi connectivity index (χ2n) is 4.95. The van der Waals surface area contributed by atoms with E-state index in [-0.39, 0.29) is 17.1 Å². The molecule has 0 aliphatic carbocycles. The lowest BCUT2D eigenvalue weighted by molar-refractivity contribution is -0.146. The number of halogens is 4. The molecule has 0 bridgehead atoms. The average Bonchev–Trinajstić information content (AvgIpc) is 2.96. The number of nitrogens with one attached hydrogen (secondary N) is 1. The van der Waals surface area contributed by atoms with Crippen LogP contribution in [0.4, 0.5) is 18.0 Å². The number of nitrogens with zero attached hydrogens (tertiary/aromatic N) is 1. The highest BCUT2D eigenvalue weighted by Crippen LogP contribution is 2.32. The van der Waals surface area contributed by atoms with Crippen LogP contribution in [0.2, 0.25) is 5.02 Å². The van der Waals surface area contributed by atoms with Crippen LogP contribution in [0.1, 0.15) is 11.1 Å². The molecule has 25 heavy (non-hydrogen) atoms. The maximum atomic E-state index is 12.7. The number of carbonyl (C=O) groups excluding carboxylic acids is 3. The predicted octanol–water partition coefficient (Wildman–Crippen LogP) is 2.47. The summed E-state index contributed by atoms with van der Waals surface area (Å²) in [6, 6.07) is 2.08. The van der Waals surface area contributed by atoms with Crippen molar-refractivity contribution in [2.45, 2.75) is 6.18 Å². The van der Waals surface area contributed by atoms with Gasteiger partial charge in [-0.25, -0.2) is 9.59 Å². The predicted molar refractivity (Wildman–Crippen MR) is 81.6 cm³/mol. The van der Waals surface area contributed by atoms with Gasteiger partial charge in [-0.3, -0.25) is 9.69 Å². The van der Waals surface area contributed by atoms with Crippen molar-refractivity contribution in [3.63, 3.8) is 0 Å². The first-order chi connectivity index (χ1) is 11.7. The lowest BCUT2D eigenvalue weighted by Gasteiger charge is -2.11. The Bertz CT molecular complexity index is 734. The topological polar surface area (TPSA) is 75.7 Å². The molecule has 10 heteroatoms. The SMILES string of the molecule is O=C(/C=C/c1cc(C(F)(F)F)ccc1Cl)OCC(=O)N1CCNC1=O. The first-order valence-electron chi connectivity index (χ1n) is 6.98. The smallest absolute Gasteiger partial charge is 0.416 e. The van der Waals surface area contributed by atoms with E-state index in [1.165, 1.54) is 0 Å². The molecule has 6 nitrogen and oxygen atoms in total. The summed E-state index contributed by atoms with van der Waals surface area (Å²) < 4.78 is 42.6. The zero-order chi connectivity index (χ0) is 18.6. The zero-order valence-electron chi connectivity index (χ0n) is 12.6. The summed E-state index contributed by atoms with van der Waals surface area (Å²) in [5.41, 5.74) is -0.946. The molecule has 0 spiro atoms. The van der Waals surface area contributed by atoms with E-state index in [4.69, 9.17) is 11.6 Å². The van der Waals surface area contributed by atoms with Crippen LogP contribution >= 0.6 is 11.6 Å². The van der Waals surface area contributed by atoms with E-state index in [1.54, 1.807) is 0 Å². The van der Waals surface area contributed by atoms with Gasteiger partial charge in [-0.15, -0.1) is 0 Å². The molecule has 1 aliphatic rings. The maximum absolute atomic E-state index is 12.7. The summed E-state index contributed by atoms with van der Waals surface area (Å²) in [6.07, 6.45) is -2.65. The molecule has 134 valence electrons. The second-order valence-corrected chi connectivity index (χ2v) is 5.36. The zero-order valence-corrected chi connectivity index (χ0v) is 13.4. The highest BCUT2D eigenvalue weighted by atomic mass is 35.5. The Kier molecular flexibility index (Phi) is 5.68. The van der Waals surface area contributed by atoms with Gasteiger partial charge in [-0.1, -0.05) is 11.6 Å². The number of carbonyl (C=O) groups is 3. The Balaban J connectivity index is 1.96. The van der Waals surface area contributed by atoms with Crippen LogP contribution in [0.3, 0.4) is 0 Å². The molecule has 1 heterocycles. The van der Waals surface area contributed by atoms with Gasteiger partial charge in [-0.2, -0.15) is 13.2 Å². The Morgan fingerprint density at radius 3 is 2.68 bits per heavy atom. The normalized spacial score (nSPS) is 14.7. The number of rotatable bonds is 4. The van der Waals surface area contributed by atoms with Gasteiger partial charge in [0.2, 0.25) is 0 Å². The molecule has 1 aromatic carbocycles. The van der Waals surface area contributed by atoms with Crippen LogP contribution in [0.25, 0.3) is 6.08 Å². The highest BCUT2D eigenvalue weighted by Gasteiger charge is 2.30. The van der Waals surface area contributed by atoms with Crippen molar-refractivity contribution < 1.29 is 32.3 Å². The molecule has 1 fully saturated rings. The van der Waals surface area contributed by atoms with E-state index >= 15 is 0 Å². The second kappa shape index (κ2) is 7.56. The number of benzene rings is 1. The van der Waals surface area contributed by atoms with Crippen LogP contribution in [0.15, 0.2) is 24.3 Å². The van der Waals surface area contributed by atoms with Gasteiger partial charge in [0.15, 0.2) is 6.61 Å². The van der Waals surface area contributed by atoms with E-state index < -0.39 is 36.3 Å². The minimum Gasteiger partial charge on any atom is -0.452 e. The summed E-state index contributed by atoms with van der Waals surface area (Å²) in [5, 5.41) is 2.43. The van der Waals surface area contributed by atoms with Crippen LogP contribution < -0.4 is 5.32 Å². The van der Waals surface area contributed by atoms with Gasteiger partial charge in [0, 0.05) is 24.2 Å². The quantitative estimate of drug-likeness (QED) is 0.647. The Labute approximate surface area is 145 Å². The Hall–Kier alpha value is -2.55. The molecular formula is C15H12ClF3N2O4. The third-order valence-corrected chi connectivity index (χ3v) is 3.56. The monoisotopic (exact) mass is 376 g/mol. The van der Waals surface area contributed by atoms with Crippen molar-refractivity contribution >= 4 is 35.6 Å². The number of alkyl halides is 3. The lowest BCUT2D eigenvalue weighted by Crippen LogP contribution is -2.37. The number of hydrogen-bond acceptors (Lipinski definition) is 4. The van der Waals surface area contributed by atoms with Crippen molar-refractivity contribution in [2.24, 2.45) is 0 Å². The van der Waals surface area contributed by atoms with E-state index in [2.05, 4.69) is 10.1 Å². The third-order valence-electron chi connectivity index (χ3n) is 3.22. The fourth-order valence-electron chi connectivity index (χ4n) is 1.97. The molecule has 0 aromatic heterocycles. The number of ether oxygens (including phenoxy) is 1. The van der Waals surface area contributed by atoms with E-state index in [9.17, 15) is 27.6 Å². The fourth-order valence-corrected chi connectivity index (χ4v) is 2.15. The van der Waals surface area contributed by atoms with E-state index in [1.807, 2.05) is 0 Å². The summed E-state index contributed by atoms with van der Waals surface area (Å²) in [7, 11) is 0. The molecule has 1 saturated heterocycles. The summed E-state index contributed by atoms with van der Waals surface area (Å²) in [4.78, 5) is 35.4. The van der Waals surface area contributed by atoms with Crippen molar-refractivity contribution in [3.8, 4) is 0 Å². The molecule has 1 aliphatic heterocycles. The fraction of sp³-hybridized carbons (Fsp3) is 0.267. The Morgan fingerprint density at radius 1 is 1.36 bits per heavy atom. The molecule has 1 N–H and O–H groups in total. The van der Waals surface area contributed by atoms with Crippen LogP contribution in [0.5, 0.6) is 0 Å². The van der Waals surface area contributed by atoms with Gasteiger partial charge >= 0.3 is 18.2 Å². The number of hydrogen-bond donors (Lipinski definition) is 1. The standard InChI is InChI=1S/C15H12ClF3N2O4/c16-11-3-2-10(15(17,18)19)7-9(11)1-4-13(23)25-8-12(22)21-6-5-20-14(21)24/h1-4,7H,5-6,8H2,(H,20,24)/b4-1+. The average molecular weight is 377 g/mol. The van der Waals surface area contributed by atoms with Crippen molar-refractivity contribution in [1.82, 2.24) is 10.2 Å². The summed E-state index contributed by atoms with van der Waals surface area (Å²) in [6.45, 7) is -0.176. The van der Waals surface area contributed by atoms with Crippen LogP contribution in [-0.2, 0) is 20.5 Å². The first-order valence-corrected chi connectivity index (χ1v) is 7.36. The van der Waals surface area contributed by atoms with Gasteiger partial charge in [0.05, 0.1) is 5.56 Å². The minimum absolute atomic E-state index is 0.0156. The van der Waals surface area contributed by atoms with E-state index in [0.717, 1.165) is 35.3 Å². The van der Waals surface area contributed by atoms with Crippen molar-refractivity contribution in [2.75, 3.05) is 19.7 Å². The van der Waals surface area contributed by atoms with Crippen LogP contribution in [0, 0.1) is 0 Å². The number of urea groups is 1. The van der Waals surface area contributed by atoms with Crippen LogP contribution in [-0.4, -0.2) is 42.5 Å². The number of imide groups is 1. The molecule has 0 atom stereocenters. The molecule has 0 unspecified atom stereocenters. The van der Waals surface area contributed by atoms with Gasteiger partial charge in [0.1, 0.15) is 0 Å². The molecule has 0 radical (unpaired) electrons. The summed E-state index contributed by atoms with van der Waals surface area (Å²) in [5.74, 6) is -1.66. The van der Waals surface area contributed by atoms with Gasteiger partial charge in [0.25, 0.3) is 5.91 Å². The lowest BCUT2D eigenvalue weighted by atomic mass is 10.1.